The molecule has 82 valence electrons. The van der Waals surface area contributed by atoms with Gasteiger partial charge in [0.1, 0.15) is 0 Å². The van der Waals surface area contributed by atoms with Crippen molar-refractivity contribution >= 4 is 11.8 Å². The van der Waals surface area contributed by atoms with Crippen LogP contribution in [0, 0.1) is 5.41 Å². The molecule has 0 unspecified atom stereocenters. The average Bonchev–Trinajstić information content (AvgIpc) is 1.99. The van der Waals surface area contributed by atoms with Crippen molar-refractivity contribution in [3.8, 4) is 0 Å². The molecule has 0 rings (SSSR count). The molecule has 0 heterocycles. The zero-order valence-electron chi connectivity index (χ0n) is 9.68. The quantitative estimate of drug-likeness (QED) is 0.726. The maximum atomic E-state index is 11.3. The number of carbonyl (C=O) groups is 2. The summed E-state index contributed by atoms with van der Waals surface area (Å²) in [6.45, 7) is 8.33. The topological polar surface area (TPSA) is 49.4 Å². The summed E-state index contributed by atoms with van der Waals surface area (Å²) in [5.74, 6) is -0.214. The maximum absolute atomic E-state index is 11.3. The van der Waals surface area contributed by atoms with Crippen molar-refractivity contribution in [1.29, 1.82) is 0 Å². The van der Waals surface area contributed by atoms with Crippen molar-refractivity contribution in [2.45, 2.75) is 27.7 Å². The molecule has 0 aromatic rings. The Kier molecular flexibility index (Phi) is 4.60. The minimum absolute atomic E-state index is 0.0739. The van der Waals surface area contributed by atoms with Crippen LogP contribution in [0.5, 0.6) is 0 Å². The zero-order valence-corrected chi connectivity index (χ0v) is 9.68. The molecule has 0 saturated heterocycles. The normalized spacial score (nSPS) is 10.9. The fraction of sp³-hybridized carbons (Fsp3) is 0.800. The Bertz CT molecular complexity index is 219. The molecule has 0 aliphatic carbocycles. The van der Waals surface area contributed by atoms with Gasteiger partial charge in [0.2, 0.25) is 11.8 Å². The molecule has 0 aromatic carbocycles. The number of likely N-dealkylation sites (N-methyl/N-ethyl adjacent to an activating group) is 1. The van der Waals surface area contributed by atoms with Gasteiger partial charge in [-0.2, -0.15) is 0 Å². The second-order valence-electron chi connectivity index (χ2n) is 4.71. The first-order valence-corrected chi connectivity index (χ1v) is 4.71. The molecule has 0 aliphatic heterocycles. The minimum atomic E-state index is -0.113. The number of hydrogen-bond donors (Lipinski definition) is 1. The van der Waals surface area contributed by atoms with Crippen LogP contribution < -0.4 is 5.32 Å². The van der Waals surface area contributed by atoms with E-state index < -0.39 is 0 Å². The van der Waals surface area contributed by atoms with Gasteiger partial charge in [-0.3, -0.25) is 9.59 Å². The van der Waals surface area contributed by atoms with Crippen LogP contribution in [-0.4, -0.2) is 36.9 Å². The summed E-state index contributed by atoms with van der Waals surface area (Å²) in [6, 6.07) is 0. The summed E-state index contributed by atoms with van der Waals surface area (Å²) >= 11 is 0. The molecule has 0 spiro atoms. The van der Waals surface area contributed by atoms with Crippen LogP contribution in [0.2, 0.25) is 0 Å². The summed E-state index contributed by atoms with van der Waals surface area (Å²) in [7, 11) is 1.61. The molecule has 0 radical (unpaired) electrons. The predicted molar refractivity (Wildman–Crippen MR) is 55.8 cm³/mol. The van der Waals surface area contributed by atoms with E-state index in [9.17, 15) is 9.59 Å². The number of nitrogens with zero attached hydrogens (tertiary/aromatic N) is 1. The Labute approximate surface area is 85.7 Å². The summed E-state index contributed by atoms with van der Waals surface area (Å²) < 4.78 is 0. The number of amides is 2. The Morgan fingerprint density at radius 2 is 1.79 bits per heavy atom. The fourth-order valence-electron chi connectivity index (χ4n) is 0.746. The lowest BCUT2D eigenvalue weighted by molar-refractivity contribution is -0.133. The molecule has 4 heteroatoms. The van der Waals surface area contributed by atoms with Crippen molar-refractivity contribution in [3.63, 3.8) is 0 Å². The molecule has 0 fully saturated rings. The first-order chi connectivity index (χ1) is 6.22. The Hall–Kier alpha value is -1.06. The van der Waals surface area contributed by atoms with E-state index in [1.807, 2.05) is 20.8 Å². The molecule has 0 aliphatic rings. The van der Waals surface area contributed by atoms with Gasteiger partial charge >= 0.3 is 0 Å². The van der Waals surface area contributed by atoms with E-state index in [4.69, 9.17) is 0 Å². The van der Waals surface area contributed by atoms with Crippen molar-refractivity contribution in [2.75, 3.05) is 20.1 Å². The second kappa shape index (κ2) is 4.98. The van der Waals surface area contributed by atoms with E-state index in [2.05, 4.69) is 5.32 Å². The van der Waals surface area contributed by atoms with Crippen LogP contribution in [0.1, 0.15) is 27.7 Å². The lowest BCUT2D eigenvalue weighted by Crippen LogP contribution is -2.40. The van der Waals surface area contributed by atoms with E-state index in [1.165, 1.54) is 11.8 Å². The number of rotatable bonds is 3. The highest BCUT2D eigenvalue weighted by molar-refractivity contribution is 5.83. The first-order valence-electron chi connectivity index (χ1n) is 4.71. The van der Waals surface area contributed by atoms with Crippen LogP contribution >= 0.6 is 0 Å². The number of carbonyl (C=O) groups excluding carboxylic acids is 2. The molecule has 4 nitrogen and oxygen atoms in total. The average molecular weight is 200 g/mol. The van der Waals surface area contributed by atoms with Crippen LogP contribution in [-0.2, 0) is 9.59 Å². The summed E-state index contributed by atoms with van der Waals surface area (Å²) in [4.78, 5) is 23.5. The fourth-order valence-corrected chi connectivity index (χ4v) is 0.746. The third kappa shape index (κ3) is 6.46. The third-order valence-corrected chi connectivity index (χ3v) is 1.73. The molecule has 0 bridgehead atoms. The Morgan fingerprint density at radius 3 is 2.14 bits per heavy atom. The van der Waals surface area contributed by atoms with Crippen LogP contribution in [0.3, 0.4) is 0 Å². The van der Waals surface area contributed by atoms with Crippen LogP contribution in [0.15, 0.2) is 0 Å². The van der Waals surface area contributed by atoms with Crippen molar-refractivity contribution in [2.24, 2.45) is 5.41 Å². The third-order valence-electron chi connectivity index (χ3n) is 1.73. The zero-order chi connectivity index (χ0) is 11.4. The standard InChI is InChI=1S/C10H20N2O2/c1-8(13)12(5)6-9(14)11-7-10(2,3)4/h6-7H2,1-5H3,(H,11,14). The highest BCUT2D eigenvalue weighted by atomic mass is 16.2. The first kappa shape index (κ1) is 12.9. The lowest BCUT2D eigenvalue weighted by atomic mass is 9.97. The second-order valence-corrected chi connectivity index (χ2v) is 4.71. The van der Waals surface area contributed by atoms with Gasteiger partial charge in [0, 0.05) is 20.5 Å². The monoisotopic (exact) mass is 200 g/mol. The highest BCUT2D eigenvalue weighted by Gasteiger charge is 2.13. The van der Waals surface area contributed by atoms with Gasteiger partial charge in [0.05, 0.1) is 6.54 Å². The largest absolute Gasteiger partial charge is 0.354 e. The van der Waals surface area contributed by atoms with Crippen molar-refractivity contribution in [1.82, 2.24) is 10.2 Å². The molecule has 2 amide bonds. The Balaban J connectivity index is 3.83. The highest BCUT2D eigenvalue weighted by Crippen LogP contribution is 2.09. The van der Waals surface area contributed by atoms with Crippen LogP contribution in [0.25, 0.3) is 0 Å². The summed E-state index contributed by atoms with van der Waals surface area (Å²) in [5, 5.41) is 2.78. The molecular weight excluding hydrogens is 180 g/mol. The van der Waals surface area contributed by atoms with Gasteiger partial charge in [-0.15, -0.1) is 0 Å². The Morgan fingerprint density at radius 1 is 1.29 bits per heavy atom. The van der Waals surface area contributed by atoms with Crippen molar-refractivity contribution < 1.29 is 9.59 Å². The smallest absolute Gasteiger partial charge is 0.239 e. The molecule has 1 N–H and O–H groups in total. The van der Waals surface area contributed by atoms with Gasteiger partial charge < -0.3 is 10.2 Å². The summed E-state index contributed by atoms with van der Waals surface area (Å²) in [5.41, 5.74) is 0.0739. The minimum Gasteiger partial charge on any atom is -0.354 e. The van der Waals surface area contributed by atoms with Crippen LogP contribution in [0.4, 0.5) is 0 Å². The van der Waals surface area contributed by atoms with E-state index in [1.54, 1.807) is 7.05 Å². The van der Waals surface area contributed by atoms with E-state index in [-0.39, 0.29) is 23.8 Å². The van der Waals surface area contributed by atoms with E-state index >= 15 is 0 Å². The van der Waals surface area contributed by atoms with Gasteiger partial charge in [-0.05, 0) is 5.41 Å². The number of hydrogen-bond acceptors (Lipinski definition) is 2. The van der Waals surface area contributed by atoms with Gasteiger partial charge in [0.15, 0.2) is 0 Å². The predicted octanol–water partition coefficient (Wildman–Crippen LogP) is 0.627. The van der Waals surface area contributed by atoms with Crippen molar-refractivity contribution in [3.05, 3.63) is 0 Å². The molecule has 0 atom stereocenters. The maximum Gasteiger partial charge on any atom is 0.239 e. The number of nitrogens with one attached hydrogen (secondary N) is 1. The summed E-state index contributed by atoms with van der Waals surface area (Å²) in [6.07, 6.45) is 0. The molecular formula is C10H20N2O2. The molecule has 0 saturated carbocycles. The van der Waals surface area contributed by atoms with Gasteiger partial charge in [-0.1, -0.05) is 20.8 Å². The van der Waals surface area contributed by atoms with E-state index in [0.29, 0.717) is 6.54 Å². The van der Waals surface area contributed by atoms with E-state index in [0.717, 1.165) is 0 Å². The molecule has 14 heavy (non-hydrogen) atoms. The SMILES string of the molecule is CC(=O)N(C)CC(=O)NCC(C)(C)C. The lowest BCUT2D eigenvalue weighted by Gasteiger charge is -2.20. The van der Waals surface area contributed by atoms with Gasteiger partial charge in [-0.25, -0.2) is 0 Å². The molecule has 0 aromatic heterocycles. The van der Waals surface area contributed by atoms with Gasteiger partial charge in [0.25, 0.3) is 0 Å².